The highest BCUT2D eigenvalue weighted by atomic mass is 35.5. The van der Waals surface area contributed by atoms with Crippen molar-refractivity contribution in [2.24, 2.45) is 0 Å². The molecule has 0 radical (unpaired) electrons. The van der Waals surface area contributed by atoms with Crippen LogP contribution in [0.5, 0.6) is 0 Å². The number of hydrogen-bond acceptors (Lipinski definition) is 6. The van der Waals surface area contributed by atoms with Crippen LogP contribution in [0.3, 0.4) is 0 Å². The van der Waals surface area contributed by atoms with Crippen LogP contribution >= 0.6 is 23.4 Å². The lowest BCUT2D eigenvalue weighted by Gasteiger charge is -2.08. The van der Waals surface area contributed by atoms with Crippen LogP contribution in [0.25, 0.3) is 0 Å². The molecular weight excluding hydrogens is 378 g/mol. The molecule has 0 bridgehead atoms. The summed E-state index contributed by atoms with van der Waals surface area (Å²) in [7, 11) is 0. The number of hydrogen-bond donors (Lipinski definition) is 2. The zero-order valence-corrected chi connectivity index (χ0v) is 15.0. The van der Waals surface area contributed by atoms with E-state index in [9.17, 15) is 9.59 Å². The van der Waals surface area contributed by atoms with Crippen LogP contribution in [0.15, 0.2) is 58.6 Å². The van der Waals surface area contributed by atoms with Gasteiger partial charge in [0, 0.05) is 10.6 Å². The minimum Gasteiger partial charge on any atom is -0.467 e. The van der Waals surface area contributed by atoms with E-state index in [1.807, 2.05) is 6.07 Å². The molecule has 0 fully saturated rings. The maximum absolute atomic E-state index is 11.9. The number of benzene rings is 1. The lowest BCUT2D eigenvalue weighted by molar-refractivity contribution is -0.119. The monoisotopic (exact) mass is 391 g/mol. The largest absolute Gasteiger partial charge is 0.467 e. The number of hydrazine groups is 1. The van der Waals surface area contributed by atoms with Gasteiger partial charge in [-0.3, -0.25) is 20.4 Å². The first-order valence-electron chi connectivity index (χ1n) is 7.49. The summed E-state index contributed by atoms with van der Waals surface area (Å²) < 4.78 is 7.05. The SMILES string of the molecule is O=C(CSc1nncn1Cc1ccco1)NNC(=O)c1ccc(Cl)cc1. The average Bonchev–Trinajstić information content (AvgIpc) is 3.31. The van der Waals surface area contributed by atoms with Gasteiger partial charge in [0.15, 0.2) is 5.16 Å². The van der Waals surface area contributed by atoms with Gasteiger partial charge in [-0.2, -0.15) is 0 Å². The molecule has 0 aliphatic carbocycles. The minimum absolute atomic E-state index is 0.0672. The fourth-order valence-electron chi connectivity index (χ4n) is 2.00. The molecule has 1 aromatic carbocycles. The first-order chi connectivity index (χ1) is 12.6. The molecule has 0 unspecified atom stereocenters. The molecule has 0 saturated heterocycles. The van der Waals surface area contributed by atoms with Gasteiger partial charge in [0.05, 0.1) is 18.6 Å². The van der Waals surface area contributed by atoms with E-state index in [4.69, 9.17) is 16.0 Å². The Morgan fingerprint density at radius 2 is 2.00 bits per heavy atom. The number of carbonyl (C=O) groups is 2. The summed E-state index contributed by atoms with van der Waals surface area (Å²) in [6.07, 6.45) is 3.15. The molecule has 2 aromatic heterocycles. The minimum atomic E-state index is -0.430. The van der Waals surface area contributed by atoms with E-state index in [0.29, 0.717) is 22.3 Å². The molecule has 2 amide bonds. The average molecular weight is 392 g/mol. The third-order valence-electron chi connectivity index (χ3n) is 3.24. The number of halogens is 1. The van der Waals surface area contributed by atoms with Crippen molar-refractivity contribution in [1.29, 1.82) is 0 Å². The standard InChI is InChI=1S/C16H14ClN5O3S/c17-12-5-3-11(4-6-12)15(24)20-19-14(23)9-26-16-21-18-10-22(16)8-13-2-1-7-25-13/h1-7,10H,8-9H2,(H,19,23)(H,20,24). The van der Waals surface area contributed by atoms with E-state index in [-0.39, 0.29) is 11.7 Å². The highest BCUT2D eigenvalue weighted by Gasteiger charge is 2.11. The molecule has 0 aliphatic heterocycles. The Bertz CT molecular complexity index is 880. The van der Waals surface area contributed by atoms with E-state index in [0.717, 1.165) is 5.76 Å². The zero-order chi connectivity index (χ0) is 18.4. The van der Waals surface area contributed by atoms with Crippen molar-refractivity contribution < 1.29 is 14.0 Å². The zero-order valence-electron chi connectivity index (χ0n) is 13.4. The predicted molar refractivity (Wildman–Crippen MR) is 95.6 cm³/mol. The van der Waals surface area contributed by atoms with Gasteiger partial charge in [-0.05, 0) is 36.4 Å². The van der Waals surface area contributed by atoms with Crippen LogP contribution in [0.1, 0.15) is 16.1 Å². The smallest absolute Gasteiger partial charge is 0.269 e. The van der Waals surface area contributed by atoms with Crippen LogP contribution in [-0.4, -0.2) is 32.3 Å². The van der Waals surface area contributed by atoms with Gasteiger partial charge < -0.3 is 8.98 Å². The number of aromatic nitrogens is 3. The van der Waals surface area contributed by atoms with Crippen molar-refractivity contribution in [2.45, 2.75) is 11.7 Å². The molecule has 10 heteroatoms. The second-order valence-electron chi connectivity index (χ2n) is 5.12. The van der Waals surface area contributed by atoms with Gasteiger partial charge in [-0.25, -0.2) is 0 Å². The molecule has 3 rings (SSSR count). The Labute approximate surface area is 157 Å². The summed E-state index contributed by atoms with van der Waals surface area (Å²) in [6, 6.07) is 9.96. The Morgan fingerprint density at radius 1 is 1.19 bits per heavy atom. The Kier molecular flexibility index (Phi) is 5.92. The third kappa shape index (κ3) is 4.87. The van der Waals surface area contributed by atoms with Crippen LogP contribution in [0, 0.1) is 0 Å². The fraction of sp³-hybridized carbons (Fsp3) is 0.125. The molecule has 2 N–H and O–H groups in total. The highest BCUT2D eigenvalue weighted by molar-refractivity contribution is 7.99. The molecule has 134 valence electrons. The van der Waals surface area contributed by atoms with Crippen molar-refractivity contribution >= 4 is 35.2 Å². The number of amides is 2. The van der Waals surface area contributed by atoms with Gasteiger partial charge in [-0.15, -0.1) is 10.2 Å². The van der Waals surface area contributed by atoms with Crippen molar-refractivity contribution in [2.75, 3.05) is 5.75 Å². The van der Waals surface area contributed by atoms with Crippen molar-refractivity contribution in [3.63, 3.8) is 0 Å². The maximum atomic E-state index is 11.9. The maximum Gasteiger partial charge on any atom is 0.269 e. The quantitative estimate of drug-likeness (QED) is 0.493. The number of rotatable bonds is 6. The van der Waals surface area contributed by atoms with Crippen LogP contribution in [0.4, 0.5) is 0 Å². The molecule has 2 heterocycles. The van der Waals surface area contributed by atoms with E-state index in [1.165, 1.54) is 11.8 Å². The number of nitrogens with one attached hydrogen (secondary N) is 2. The van der Waals surface area contributed by atoms with Gasteiger partial charge >= 0.3 is 0 Å². The molecule has 26 heavy (non-hydrogen) atoms. The van der Waals surface area contributed by atoms with Crippen LogP contribution < -0.4 is 10.9 Å². The molecular formula is C16H14ClN5O3S. The predicted octanol–water partition coefficient (Wildman–Crippen LogP) is 2.13. The summed E-state index contributed by atoms with van der Waals surface area (Å²) in [5, 5.41) is 8.91. The first-order valence-corrected chi connectivity index (χ1v) is 8.86. The number of carbonyl (C=O) groups excluding carboxylic acids is 2. The Balaban J connectivity index is 1.46. The first kappa shape index (κ1) is 18.0. The van der Waals surface area contributed by atoms with E-state index in [1.54, 1.807) is 47.5 Å². The lowest BCUT2D eigenvalue weighted by atomic mass is 10.2. The third-order valence-corrected chi connectivity index (χ3v) is 4.47. The van der Waals surface area contributed by atoms with E-state index in [2.05, 4.69) is 21.0 Å². The molecule has 8 nitrogen and oxygen atoms in total. The summed E-state index contributed by atoms with van der Waals surface area (Å²) in [5.41, 5.74) is 5.09. The highest BCUT2D eigenvalue weighted by Crippen LogP contribution is 2.16. The molecule has 0 saturated carbocycles. The number of nitrogens with zero attached hydrogens (tertiary/aromatic N) is 3. The number of furan rings is 1. The molecule has 0 spiro atoms. The summed E-state index contributed by atoms with van der Waals surface area (Å²) in [5.74, 6) is 0.0229. The Morgan fingerprint density at radius 3 is 2.73 bits per heavy atom. The van der Waals surface area contributed by atoms with Crippen molar-refractivity contribution in [3.8, 4) is 0 Å². The summed E-state index contributed by atoms with van der Waals surface area (Å²) in [6.45, 7) is 0.469. The second kappa shape index (κ2) is 8.54. The molecule has 0 atom stereocenters. The molecule has 0 aliphatic rings. The van der Waals surface area contributed by atoms with Gasteiger partial charge in [0.25, 0.3) is 5.91 Å². The van der Waals surface area contributed by atoms with Crippen LogP contribution in [0.2, 0.25) is 5.02 Å². The lowest BCUT2D eigenvalue weighted by Crippen LogP contribution is -2.42. The topological polar surface area (TPSA) is 102 Å². The van der Waals surface area contributed by atoms with Crippen molar-refractivity contribution in [3.05, 3.63) is 65.3 Å². The van der Waals surface area contributed by atoms with Gasteiger partial charge in [-0.1, -0.05) is 23.4 Å². The van der Waals surface area contributed by atoms with E-state index < -0.39 is 5.91 Å². The Hall–Kier alpha value is -2.78. The second-order valence-corrected chi connectivity index (χ2v) is 6.50. The number of thioether (sulfide) groups is 1. The van der Waals surface area contributed by atoms with E-state index >= 15 is 0 Å². The normalized spacial score (nSPS) is 10.5. The van der Waals surface area contributed by atoms with Crippen molar-refractivity contribution in [1.82, 2.24) is 25.6 Å². The van der Waals surface area contributed by atoms with Crippen LogP contribution in [-0.2, 0) is 11.3 Å². The van der Waals surface area contributed by atoms with Gasteiger partial charge in [0.1, 0.15) is 12.1 Å². The van der Waals surface area contributed by atoms with Gasteiger partial charge in [0.2, 0.25) is 5.91 Å². The fourth-order valence-corrected chi connectivity index (χ4v) is 2.84. The molecule has 3 aromatic rings. The summed E-state index contributed by atoms with van der Waals surface area (Å²) in [4.78, 5) is 23.8. The summed E-state index contributed by atoms with van der Waals surface area (Å²) >= 11 is 6.97.